The summed E-state index contributed by atoms with van der Waals surface area (Å²) in [6.45, 7) is 11.0. The molecule has 2 aliphatic heterocycles. The van der Waals surface area contributed by atoms with Gasteiger partial charge >= 0.3 is 5.97 Å². The largest absolute Gasteiger partial charge is 0.467 e. The lowest BCUT2D eigenvalue weighted by atomic mass is 9.90. The Morgan fingerprint density at radius 1 is 0.919 bits per heavy atom. The molecule has 346 valence electrons. The summed E-state index contributed by atoms with van der Waals surface area (Å²) in [6, 6.07) is 8.26. The molecule has 2 heterocycles. The molecule has 6 amide bonds. The summed E-state index contributed by atoms with van der Waals surface area (Å²) in [7, 11) is 6.30. The number of rotatable bonds is 27. The highest BCUT2D eigenvalue weighted by atomic mass is 16.5. The molecule has 0 radical (unpaired) electrons. The third kappa shape index (κ3) is 15.0. The van der Waals surface area contributed by atoms with Crippen molar-refractivity contribution in [3.63, 3.8) is 0 Å². The zero-order valence-electron chi connectivity index (χ0n) is 38.4. The lowest BCUT2D eigenvalue weighted by Gasteiger charge is -2.39. The van der Waals surface area contributed by atoms with Crippen LogP contribution in [0.3, 0.4) is 0 Å². The van der Waals surface area contributed by atoms with E-state index in [1.165, 1.54) is 24.2 Å². The molecule has 3 N–H and O–H groups in total. The molecule has 1 aromatic rings. The van der Waals surface area contributed by atoms with Crippen LogP contribution in [0.15, 0.2) is 42.5 Å². The van der Waals surface area contributed by atoms with Crippen molar-refractivity contribution in [3.05, 3.63) is 48.0 Å². The van der Waals surface area contributed by atoms with Crippen LogP contribution in [0, 0.1) is 17.3 Å². The minimum atomic E-state index is -0.987. The fourth-order valence-electron chi connectivity index (χ4n) is 8.35. The van der Waals surface area contributed by atoms with E-state index >= 15 is 0 Å². The lowest BCUT2D eigenvalue weighted by Crippen LogP contribution is -2.54. The quantitative estimate of drug-likeness (QED) is 0.0669. The number of likely N-dealkylation sites (tertiary alicyclic amines) is 1. The molecule has 7 atom stereocenters. The summed E-state index contributed by atoms with van der Waals surface area (Å²) in [5.41, 5.74) is -0.0869. The molecule has 1 aromatic carbocycles. The van der Waals surface area contributed by atoms with Crippen molar-refractivity contribution < 1.29 is 47.8 Å². The molecule has 0 saturated carbocycles. The van der Waals surface area contributed by atoms with Crippen LogP contribution in [0.5, 0.6) is 0 Å². The molecule has 0 aliphatic carbocycles. The highest BCUT2D eigenvalue weighted by molar-refractivity contribution is 6.12. The minimum absolute atomic E-state index is 0.0579. The first kappa shape index (κ1) is 51.7. The van der Waals surface area contributed by atoms with Crippen LogP contribution in [-0.2, 0) is 54.2 Å². The number of imide groups is 1. The van der Waals surface area contributed by atoms with E-state index in [1.54, 1.807) is 40.0 Å². The van der Waals surface area contributed by atoms with E-state index in [9.17, 15) is 33.6 Å². The average molecular weight is 869 g/mol. The van der Waals surface area contributed by atoms with Gasteiger partial charge in [-0.05, 0) is 64.0 Å². The van der Waals surface area contributed by atoms with Gasteiger partial charge in [0, 0.05) is 71.9 Å². The molecule has 16 nitrogen and oxygen atoms in total. The summed E-state index contributed by atoms with van der Waals surface area (Å²) < 4.78 is 17.1. The Labute approximate surface area is 368 Å². The SMILES string of the molecule is CCC(C)C(C(CCN1CCCC1C(OC)C(C)C(=O)NC(Cc1ccccc1)C(=O)OC)OC)N(C)C(=O)CNC(=O)C(C)(C)CNC(=O)CCCCCN1C(=O)C=CC1=O. The van der Waals surface area contributed by atoms with Crippen molar-refractivity contribution in [3.8, 4) is 0 Å². The molecule has 62 heavy (non-hydrogen) atoms. The van der Waals surface area contributed by atoms with Crippen LogP contribution in [0.25, 0.3) is 0 Å². The highest BCUT2D eigenvalue weighted by Gasteiger charge is 2.40. The molecule has 1 saturated heterocycles. The molecule has 0 bridgehead atoms. The Kier molecular flexibility index (Phi) is 21.2. The van der Waals surface area contributed by atoms with Crippen LogP contribution in [0.1, 0.15) is 91.5 Å². The Morgan fingerprint density at radius 2 is 1.60 bits per heavy atom. The fraction of sp³-hybridized carbons (Fsp3) is 0.674. The van der Waals surface area contributed by atoms with E-state index in [1.807, 2.05) is 37.3 Å². The highest BCUT2D eigenvalue weighted by Crippen LogP contribution is 2.29. The van der Waals surface area contributed by atoms with Gasteiger partial charge in [0.2, 0.25) is 23.6 Å². The number of nitrogens with zero attached hydrogens (tertiary/aromatic N) is 3. The fourth-order valence-corrected chi connectivity index (χ4v) is 8.35. The van der Waals surface area contributed by atoms with Crippen molar-refractivity contribution in [1.82, 2.24) is 30.7 Å². The van der Waals surface area contributed by atoms with Gasteiger partial charge in [-0.15, -0.1) is 0 Å². The van der Waals surface area contributed by atoms with E-state index in [0.717, 1.165) is 31.4 Å². The zero-order valence-corrected chi connectivity index (χ0v) is 38.4. The smallest absolute Gasteiger partial charge is 0.328 e. The van der Waals surface area contributed by atoms with Crippen LogP contribution < -0.4 is 16.0 Å². The number of hydrogen-bond acceptors (Lipinski definition) is 11. The number of nitrogens with one attached hydrogen (secondary N) is 3. The molecule has 0 aromatic heterocycles. The number of carbonyl (C=O) groups excluding carboxylic acids is 7. The zero-order chi connectivity index (χ0) is 46.0. The van der Waals surface area contributed by atoms with E-state index in [-0.39, 0.29) is 79.1 Å². The van der Waals surface area contributed by atoms with Gasteiger partial charge in [0.25, 0.3) is 11.8 Å². The maximum absolute atomic E-state index is 13.7. The Morgan fingerprint density at radius 3 is 2.21 bits per heavy atom. The van der Waals surface area contributed by atoms with Gasteiger partial charge in [0.1, 0.15) is 6.04 Å². The lowest BCUT2D eigenvalue weighted by molar-refractivity contribution is -0.146. The van der Waals surface area contributed by atoms with Crippen molar-refractivity contribution >= 4 is 41.4 Å². The number of methoxy groups -OCH3 is 3. The first-order valence-electron chi connectivity index (χ1n) is 22.0. The first-order valence-corrected chi connectivity index (χ1v) is 22.0. The number of ether oxygens (including phenoxy) is 3. The van der Waals surface area contributed by atoms with E-state index in [2.05, 4.69) is 34.7 Å². The summed E-state index contributed by atoms with van der Waals surface area (Å²) in [6.07, 6.45) is 7.25. The van der Waals surface area contributed by atoms with Crippen LogP contribution in [0.2, 0.25) is 0 Å². The number of hydrogen-bond donors (Lipinski definition) is 3. The van der Waals surface area contributed by atoms with Gasteiger partial charge in [-0.3, -0.25) is 38.6 Å². The Balaban J connectivity index is 1.53. The number of carbonyl (C=O) groups is 7. The topological polar surface area (TPSA) is 193 Å². The van der Waals surface area contributed by atoms with Crippen molar-refractivity contribution in [1.29, 1.82) is 0 Å². The summed E-state index contributed by atoms with van der Waals surface area (Å²) in [4.78, 5) is 94.4. The number of esters is 1. The van der Waals surface area contributed by atoms with Gasteiger partial charge < -0.3 is 35.1 Å². The van der Waals surface area contributed by atoms with Crippen molar-refractivity contribution in [2.45, 2.75) is 123 Å². The Bertz CT molecular complexity index is 1670. The number of benzene rings is 1. The normalized spacial score (nSPS) is 18.4. The minimum Gasteiger partial charge on any atom is -0.467 e. The van der Waals surface area contributed by atoms with E-state index < -0.39 is 29.4 Å². The second-order valence-corrected chi connectivity index (χ2v) is 17.3. The molecule has 2 aliphatic rings. The molecule has 16 heteroatoms. The first-order chi connectivity index (χ1) is 29.5. The van der Waals surface area contributed by atoms with E-state index in [4.69, 9.17) is 14.2 Å². The second kappa shape index (κ2) is 25.4. The van der Waals surface area contributed by atoms with Gasteiger partial charge in [-0.1, -0.05) is 63.9 Å². The monoisotopic (exact) mass is 869 g/mol. The maximum atomic E-state index is 13.7. The molecule has 7 unspecified atom stereocenters. The van der Waals surface area contributed by atoms with Gasteiger partial charge in [0.15, 0.2) is 0 Å². The molecule has 3 rings (SSSR count). The molecular weight excluding hydrogens is 797 g/mol. The van der Waals surface area contributed by atoms with E-state index in [0.29, 0.717) is 45.2 Å². The van der Waals surface area contributed by atoms with Crippen molar-refractivity contribution in [2.24, 2.45) is 17.3 Å². The second-order valence-electron chi connectivity index (χ2n) is 17.3. The third-order valence-corrected chi connectivity index (χ3v) is 12.4. The summed E-state index contributed by atoms with van der Waals surface area (Å²) >= 11 is 0. The maximum Gasteiger partial charge on any atom is 0.328 e. The standard InChI is InChI=1S/C46H72N6O10/c1-10-31(2)41(50(6)40(56)29-47-45(59)46(4,5)30-48-37(53)21-15-12-16-26-52-38(54)22-23-39(52)55)36(60-7)24-27-51-25-17-20-35(51)42(61-8)32(3)43(57)49-34(44(58)62-9)28-33-18-13-11-14-19-33/h11,13-14,18-19,22-23,31-32,34-36,41-42H,10,12,15-17,20-21,24-30H2,1-9H3,(H,47,59)(H,48,53)(H,49,57). The Hall–Kier alpha value is -4.67. The number of likely N-dealkylation sites (N-methyl/N-ethyl adjacent to an activating group) is 1. The molecule has 1 fully saturated rings. The predicted octanol–water partition coefficient (Wildman–Crippen LogP) is 3.02. The van der Waals surface area contributed by atoms with Crippen LogP contribution >= 0.6 is 0 Å². The van der Waals surface area contributed by atoms with Gasteiger partial charge in [-0.25, -0.2) is 4.79 Å². The third-order valence-electron chi connectivity index (χ3n) is 12.4. The van der Waals surface area contributed by atoms with Gasteiger partial charge in [0.05, 0.1) is 43.2 Å². The average Bonchev–Trinajstić information content (AvgIpc) is 3.86. The predicted molar refractivity (Wildman–Crippen MR) is 234 cm³/mol. The van der Waals surface area contributed by atoms with Crippen LogP contribution in [-0.4, -0.2) is 148 Å². The number of unbranched alkanes of at least 4 members (excludes halogenated alkanes) is 2. The van der Waals surface area contributed by atoms with Crippen molar-refractivity contribution in [2.75, 3.05) is 61.1 Å². The molecular formula is C46H72N6O10. The molecule has 0 spiro atoms. The number of amides is 6. The van der Waals surface area contributed by atoms with Gasteiger partial charge in [-0.2, -0.15) is 0 Å². The van der Waals surface area contributed by atoms with Crippen LogP contribution in [0.4, 0.5) is 0 Å². The summed E-state index contributed by atoms with van der Waals surface area (Å²) in [5.74, 6) is -2.79. The summed E-state index contributed by atoms with van der Waals surface area (Å²) in [5, 5.41) is 8.51.